The first-order valence-electron chi connectivity index (χ1n) is 6.47. The number of aromatic nitrogens is 1. The molecule has 19 heavy (non-hydrogen) atoms. The summed E-state index contributed by atoms with van der Waals surface area (Å²) in [4.78, 5) is 4.34. The van der Waals surface area contributed by atoms with Crippen LogP contribution in [0.3, 0.4) is 0 Å². The van der Waals surface area contributed by atoms with Gasteiger partial charge in [0.25, 0.3) is 0 Å². The molecule has 0 aliphatic rings. The van der Waals surface area contributed by atoms with Gasteiger partial charge in [-0.05, 0) is 12.5 Å². The molecule has 0 spiro atoms. The van der Waals surface area contributed by atoms with Crippen molar-refractivity contribution in [1.29, 1.82) is 0 Å². The fraction of sp³-hybridized carbons (Fsp3) is 0.357. The monoisotopic (exact) mass is 277 g/mol. The number of anilines is 2. The molecule has 0 saturated carbocycles. The van der Waals surface area contributed by atoms with Crippen molar-refractivity contribution in [2.24, 2.45) is 0 Å². The van der Waals surface area contributed by atoms with Crippen LogP contribution in [-0.4, -0.2) is 17.6 Å². The van der Waals surface area contributed by atoms with Crippen LogP contribution < -0.4 is 11.1 Å². The summed E-state index contributed by atoms with van der Waals surface area (Å²) in [5, 5.41) is 4.54. The predicted octanol–water partition coefficient (Wildman–Crippen LogP) is 3.20. The highest BCUT2D eigenvalue weighted by molar-refractivity contribution is 7.09. The van der Waals surface area contributed by atoms with Crippen LogP contribution in [0.25, 0.3) is 10.9 Å². The summed E-state index contributed by atoms with van der Waals surface area (Å²) in [5.74, 6) is 0. The van der Waals surface area contributed by atoms with Crippen LogP contribution in [0.5, 0.6) is 0 Å². The van der Waals surface area contributed by atoms with Gasteiger partial charge < -0.3 is 15.6 Å². The average molecular weight is 277 g/mol. The van der Waals surface area contributed by atoms with E-state index in [0.717, 1.165) is 29.4 Å². The Bertz CT molecular complexity index is 541. The third kappa shape index (κ3) is 3.34. The molecule has 2 unspecified atom stereocenters. The lowest BCUT2D eigenvalue weighted by atomic mass is 10.1. The topological polar surface area (TPSA) is 60.2 Å². The van der Waals surface area contributed by atoms with Gasteiger partial charge in [-0.1, -0.05) is 31.5 Å². The number of fused-ring (bicyclic) bond motifs is 1. The summed E-state index contributed by atoms with van der Waals surface area (Å²) in [5.41, 5.74) is 8.62. The number of rotatable bonds is 6. The van der Waals surface area contributed by atoms with Crippen molar-refractivity contribution < 1.29 is 4.52 Å². The molecule has 0 aliphatic heterocycles. The Morgan fingerprint density at radius 3 is 2.95 bits per heavy atom. The van der Waals surface area contributed by atoms with E-state index < -0.39 is 0 Å². The standard InChI is InChI=1S/C14H20N3OP/c1-2-5-10(9-18-19)17-14-11-6-3-4-7-13(11)16-8-12(14)15/h3-4,6-8,10H,2,5,9,15,19H2,1H3,(H,16,17). The van der Waals surface area contributed by atoms with E-state index in [0.29, 0.717) is 12.3 Å². The number of nitrogens with zero attached hydrogens (tertiary/aromatic N) is 1. The Balaban J connectivity index is 2.34. The molecule has 2 rings (SSSR count). The number of hydrogen-bond donors (Lipinski definition) is 2. The second-order valence-corrected chi connectivity index (χ2v) is 4.90. The third-order valence-electron chi connectivity index (χ3n) is 3.09. The quantitative estimate of drug-likeness (QED) is 0.796. The second kappa shape index (κ2) is 6.69. The minimum Gasteiger partial charge on any atom is -0.396 e. The fourth-order valence-corrected chi connectivity index (χ4v) is 2.42. The van der Waals surface area contributed by atoms with Crippen molar-refractivity contribution in [1.82, 2.24) is 4.98 Å². The smallest absolute Gasteiger partial charge is 0.0743 e. The number of nitrogens with two attached hydrogens (primary N) is 1. The van der Waals surface area contributed by atoms with Crippen LogP contribution in [0.1, 0.15) is 19.8 Å². The number of nitrogens with one attached hydrogen (secondary N) is 1. The van der Waals surface area contributed by atoms with Gasteiger partial charge in [-0.15, -0.1) is 0 Å². The van der Waals surface area contributed by atoms with Crippen LogP contribution in [0, 0.1) is 0 Å². The Hall–Kier alpha value is -1.38. The van der Waals surface area contributed by atoms with Gasteiger partial charge in [-0.25, -0.2) is 0 Å². The van der Waals surface area contributed by atoms with Gasteiger partial charge in [0.15, 0.2) is 0 Å². The molecule has 0 bridgehead atoms. The molecular formula is C14H20N3OP. The van der Waals surface area contributed by atoms with Crippen molar-refractivity contribution in [2.45, 2.75) is 25.8 Å². The summed E-state index contributed by atoms with van der Waals surface area (Å²) >= 11 is 0. The van der Waals surface area contributed by atoms with Gasteiger partial charge in [0.2, 0.25) is 0 Å². The zero-order valence-corrected chi connectivity index (χ0v) is 12.3. The maximum Gasteiger partial charge on any atom is 0.0743 e. The van der Waals surface area contributed by atoms with Crippen LogP contribution >= 0.6 is 9.47 Å². The van der Waals surface area contributed by atoms with E-state index in [-0.39, 0.29) is 6.04 Å². The van der Waals surface area contributed by atoms with Crippen LogP contribution in [-0.2, 0) is 4.52 Å². The normalized spacial score (nSPS) is 12.5. The van der Waals surface area contributed by atoms with E-state index in [1.807, 2.05) is 24.3 Å². The summed E-state index contributed by atoms with van der Waals surface area (Å²) in [6, 6.07) is 8.24. The molecule has 4 nitrogen and oxygen atoms in total. The van der Waals surface area contributed by atoms with E-state index in [1.54, 1.807) is 6.20 Å². The first kappa shape index (κ1) is 14.0. The summed E-state index contributed by atoms with van der Waals surface area (Å²) in [7, 11) is 2.30. The Morgan fingerprint density at radius 2 is 2.21 bits per heavy atom. The average Bonchev–Trinajstić information content (AvgIpc) is 2.42. The van der Waals surface area contributed by atoms with Crippen molar-refractivity contribution >= 4 is 31.7 Å². The number of pyridine rings is 1. The highest BCUT2D eigenvalue weighted by atomic mass is 31.0. The fourth-order valence-electron chi connectivity index (χ4n) is 2.18. The van der Waals surface area contributed by atoms with E-state index in [1.165, 1.54) is 0 Å². The zero-order valence-electron chi connectivity index (χ0n) is 11.1. The minimum absolute atomic E-state index is 0.246. The molecule has 2 atom stereocenters. The molecule has 5 heteroatoms. The summed E-state index contributed by atoms with van der Waals surface area (Å²) < 4.78 is 5.18. The van der Waals surface area contributed by atoms with Crippen molar-refractivity contribution in [3.8, 4) is 0 Å². The van der Waals surface area contributed by atoms with Crippen LogP contribution in [0.2, 0.25) is 0 Å². The lowest BCUT2D eigenvalue weighted by Crippen LogP contribution is -2.24. The van der Waals surface area contributed by atoms with Gasteiger partial charge in [0.05, 0.1) is 29.7 Å². The lowest BCUT2D eigenvalue weighted by Gasteiger charge is -2.20. The molecule has 0 saturated heterocycles. The Kier molecular flexibility index (Phi) is 4.94. The molecule has 0 radical (unpaired) electrons. The van der Waals surface area contributed by atoms with Gasteiger partial charge >= 0.3 is 0 Å². The Labute approximate surface area is 116 Å². The molecule has 1 aromatic heterocycles. The van der Waals surface area contributed by atoms with E-state index in [4.69, 9.17) is 10.3 Å². The van der Waals surface area contributed by atoms with E-state index in [9.17, 15) is 0 Å². The van der Waals surface area contributed by atoms with Gasteiger partial charge in [-0.2, -0.15) is 0 Å². The predicted molar refractivity (Wildman–Crippen MR) is 84.1 cm³/mol. The van der Waals surface area contributed by atoms with E-state index in [2.05, 4.69) is 26.7 Å². The van der Waals surface area contributed by atoms with Gasteiger partial charge in [0, 0.05) is 20.9 Å². The molecule has 1 heterocycles. The zero-order chi connectivity index (χ0) is 13.7. The third-order valence-corrected chi connectivity index (χ3v) is 3.28. The first-order chi connectivity index (χ1) is 9.26. The molecule has 0 amide bonds. The minimum atomic E-state index is 0.246. The molecular weight excluding hydrogens is 257 g/mol. The van der Waals surface area contributed by atoms with E-state index >= 15 is 0 Å². The Morgan fingerprint density at radius 1 is 1.42 bits per heavy atom. The number of nitrogen functional groups attached to an aromatic ring is 1. The molecule has 0 aliphatic carbocycles. The highest BCUT2D eigenvalue weighted by Crippen LogP contribution is 2.28. The molecule has 3 N–H and O–H groups in total. The van der Waals surface area contributed by atoms with Gasteiger partial charge in [0.1, 0.15) is 0 Å². The second-order valence-electron chi connectivity index (χ2n) is 4.57. The van der Waals surface area contributed by atoms with Crippen molar-refractivity contribution in [2.75, 3.05) is 17.7 Å². The highest BCUT2D eigenvalue weighted by Gasteiger charge is 2.12. The molecule has 102 valence electrons. The SMILES string of the molecule is CCCC(COP)Nc1c(N)cnc2ccccc12. The first-order valence-corrected chi connectivity index (χ1v) is 6.94. The lowest BCUT2D eigenvalue weighted by molar-refractivity contribution is 0.336. The van der Waals surface area contributed by atoms with Crippen LogP contribution in [0.15, 0.2) is 30.5 Å². The number of benzene rings is 1. The maximum atomic E-state index is 6.06. The molecule has 0 fully saturated rings. The summed E-state index contributed by atoms with van der Waals surface area (Å²) in [6.45, 7) is 2.79. The number of hydrogen-bond acceptors (Lipinski definition) is 4. The largest absolute Gasteiger partial charge is 0.396 e. The summed E-state index contributed by atoms with van der Waals surface area (Å²) in [6.07, 6.45) is 3.83. The maximum absolute atomic E-state index is 6.06. The van der Waals surface area contributed by atoms with Crippen LogP contribution in [0.4, 0.5) is 11.4 Å². The van der Waals surface area contributed by atoms with Crippen molar-refractivity contribution in [3.63, 3.8) is 0 Å². The van der Waals surface area contributed by atoms with Gasteiger partial charge in [-0.3, -0.25) is 4.98 Å². The molecule has 1 aromatic carbocycles. The van der Waals surface area contributed by atoms with Crippen molar-refractivity contribution in [3.05, 3.63) is 30.5 Å². The number of para-hydroxylation sites is 1. The molecule has 2 aromatic rings.